The lowest BCUT2D eigenvalue weighted by atomic mass is 10.3. The third-order valence-electron chi connectivity index (χ3n) is 3.12. The van der Waals surface area contributed by atoms with Crippen molar-refractivity contribution in [3.63, 3.8) is 0 Å². The van der Waals surface area contributed by atoms with Gasteiger partial charge in [0, 0.05) is 29.7 Å². The first kappa shape index (κ1) is 14.5. The highest BCUT2D eigenvalue weighted by molar-refractivity contribution is 5.80. The van der Waals surface area contributed by atoms with Crippen molar-refractivity contribution in [2.75, 3.05) is 5.43 Å². The zero-order valence-electron chi connectivity index (χ0n) is 12.0. The number of hydrogen-bond acceptors (Lipinski definition) is 5. The Kier molecular flexibility index (Phi) is 4.10. The van der Waals surface area contributed by atoms with Crippen molar-refractivity contribution < 1.29 is 4.92 Å². The summed E-state index contributed by atoms with van der Waals surface area (Å²) in [5.41, 5.74) is 4.67. The van der Waals surface area contributed by atoms with Crippen molar-refractivity contribution in [2.24, 2.45) is 5.10 Å². The standard InChI is InChI=1S/C16H13N5O2/c22-21(23)15-6-7-16(17-11-15)19-18-10-13-8-9-20(12-13)14-4-2-1-3-5-14/h1-12H,(H,17,19)/b18-10-. The van der Waals surface area contributed by atoms with Crippen LogP contribution in [0.3, 0.4) is 0 Å². The van der Waals surface area contributed by atoms with Crippen molar-refractivity contribution >= 4 is 17.7 Å². The number of nitro groups is 1. The molecule has 3 aromatic rings. The molecule has 3 rings (SSSR count). The van der Waals surface area contributed by atoms with E-state index in [-0.39, 0.29) is 5.69 Å². The highest BCUT2D eigenvalue weighted by Gasteiger charge is 2.04. The quantitative estimate of drug-likeness (QED) is 0.445. The van der Waals surface area contributed by atoms with Crippen molar-refractivity contribution in [2.45, 2.75) is 0 Å². The first-order chi connectivity index (χ1) is 11.2. The summed E-state index contributed by atoms with van der Waals surface area (Å²) in [5.74, 6) is 0.439. The minimum atomic E-state index is -0.494. The molecule has 0 amide bonds. The zero-order chi connectivity index (χ0) is 16.1. The topological polar surface area (TPSA) is 85.4 Å². The molecule has 0 radical (unpaired) electrons. The summed E-state index contributed by atoms with van der Waals surface area (Å²) in [6.45, 7) is 0. The Hall–Kier alpha value is -3.48. The second kappa shape index (κ2) is 6.52. The fraction of sp³-hybridized carbons (Fsp3) is 0. The summed E-state index contributed by atoms with van der Waals surface area (Å²) in [6.07, 6.45) is 6.73. The molecule has 7 heteroatoms. The summed E-state index contributed by atoms with van der Waals surface area (Å²) >= 11 is 0. The molecule has 0 bridgehead atoms. The van der Waals surface area contributed by atoms with Crippen LogP contribution in [0.25, 0.3) is 5.69 Å². The van der Waals surface area contributed by atoms with Crippen LogP contribution >= 0.6 is 0 Å². The SMILES string of the molecule is O=[N+]([O-])c1ccc(N/N=C\c2ccn(-c3ccccc3)c2)nc1. The molecule has 0 aliphatic carbocycles. The number of aromatic nitrogens is 2. The summed E-state index contributed by atoms with van der Waals surface area (Å²) in [6, 6.07) is 14.8. The van der Waals surface area contributed by atoms with Crippen LogP contribution < -0.4 is 5.43 Å². The molecule has 7 nitrogen and oxygen atoms in total. The number of para-hydroxylation sites is 1. The van der Waals surface area contributed by atoms with Crippen LogP contribution in [-0.2, 0) is 0 Å². The second-order valence-electron chi connectivity index (χ2n) is 4.72. The van der Waals surface area contributed by atoms with E-state index in [0.717, 1.165) is 11.3 Å². The van der Waals surface area contributed by atoms with Crippen molar-refractivity contribution in [3.05, 3.63) is 82.8 Å². The average Bonchev–Trinajstić information content (AvgIpc) is 3.05. The molecule has 0 saturated carbocycles. The number of rotatable bonds is 5. The smallest absolute Gasteiger partial charge is 0.287 e. The minimum absolute atomic E-state index is 0.0560. The number of nitrogens with one attached hydrogen (secondary N) is 1. The summed E-state index contributed by atoms with van der Waals surface area (Å²) in [5, 5.41) is 14.6. The molecule has 1 N–H and O–H groups in total. The number of hydrogen-bond donors (Lipinski definition) is 1. The van der Waals surface area contributed by atoms with Gasteiger partial charge in [-0.15, -0.1) is 0 Å². The van der Waals surface area contributed by atoms with E-state index in [9.17, 15) is 10.1 Å². The highest BCUT2D eigenvalue weighted by Crippen LogP contribution is 2.12. The monoisotopic (exact) mass is 307 g/mol. The predicted octanol–water partition coefficient (Wildman–Crippen LogP) is 3.23. The molecule has 0 atom stereocenters. The fourth-order valence-electron chi connectivity index (χ4n) is 1.98. The largest absolute Gasteiger partial charge is 0.323 e. The van der Waals surface area contributed by atoms with Gasteiger partial charge >= 0.3 is 0 Å². The van der Waals surface area contributed by atoms with Crippen molar-refractivity contribution in [3.8, 4) is 5.69 Å². The van der Waals surface area contributed by atoms with Crippen LogP contribution in [-0.4, -0.2) is 20.7 Å². The predicted molar refractivity (Wildman–Crippen MR) is 87.9 cm³/mol. The van der Waals surface area contributed by atoms with E-state index in [2.05, 4.69) is 15.5 Å². The van der Waals surface area contributed by atoms with E-state index in [1.165, 1.54) is 18.3 Å². The van der Waals surface area contributed by atoms with E-state index < -0.39 is 4.92 Å². The van der Waals surface area contributed by atoms with Gasteiger partial charge in [0.1, 0.15) is 12.0 Å². The van der Waals surface area contributed by atoms with E-state index in [1.54, 1.807) is 6.21 Å². The van der Waals surface area contributed by atoms with Crippen LogP contribution in [0.5, 0.6) is 0 Å². The Labute approximate surface area is 132 Å². The molecule has 2 heterocycles. The zero-order valence-corrected chi connectivity index (χ0v) is 12.0. The summed E-state index contributed by atoms with van der Waals surface area (Å²) in [7, 11) is 0. The first-order valence-electron chi connectivity index (χ1n) is 6.85. The third-order valence-corrected chi connectivity index (χ3v) is 3.12. The Bertz CT molecular complexity index is 825. The molecule has 0 aliphatic heterocycles. The number of benzene rings is 1. The van der Waals surface area contributed by atoms with E-state index in [0.29, 0.717) is 5.82 Å². The third kappa shape index (κ3) is 3.59. The molecule has 0 spiro atoms. The lowest BCUT2D eigenvalue weighted by molar-refractivity contribution is -0.385. The Morgan fingerprint density at radius 1 is 1.17 bits per heavy atom. The van der Waals surface area contributed by atoms with Crippen molar-refractivity contribution in [1.29, 1.82) is 0 Å². The minimum Gasteiger partial charge on any atom is -0.323 e. The summed E-state index contributed by atoms with van der Waals surface area (Å²) < 4.78 is 1.99. The maximum atomic E-state index is 10.5. The Balaban J connectivity index is 1.64. The number of nitrogens with zero attached hydrogens (tertiary/aromatic N) is 4. The molecular formula is C16H13N5O2. The van der Waals surface area contributed by atoms with Crippen LogP contribution in [0.4, 0.5) is 11.5 Å². The highest BCUT2D eigenvalue weighted by atomic mass is 16.6. The molecule has 114 valence electrons. The molecule has 0 fully saturated rings. The Morgan fingerprint density at radius 3 is 2.70 bits per heavy atom. The van der Waals surface area contributed by atoms with Gasteiger partial charge in [0.25, 0.3) is 5.69 Å². The van der Waals surface area contributed by atoms with Crippen LogP contribution in [0.15, 0.2) is 72.2 Å². The molecule has 2 aromatic heterocycles. The van der Waals surface area contributed by atoms with Crippen LogP contribution in [0.2, 0.25) is 0 Å². The molecule has 0 saturated heterocycles. The van der Waals surface area contributed by atoms with Gasteiger partial charge in [-0.25, -0.2) is 4.98 Å². The Morgan fingerprint density at radius 2 is 2.00 bits per heavy atom. The lowest BCUT2D eigenvalue weighted by Gasteiger charge is -2.00. The average molecular weight is 307 g/mol. The van der Waals surface area contributed by atoms with Crippen LogP contribution in [0, 0.1) is 10.1 Å². The van der Waals surface area contributed by atoms with Gasteiger partial charge < -0.3 is 4.57 Å². The maximum absolute atomic E-state index is 10.5. The maximum Gasteiger partial charge on any atom is 0.287 e. The van der Waals surface area contributed by atoms with E-state index >= 15 is 0 Å². The lowest BCUT2D eigenvalue weighted by Crippen LogP contribution is -1.95. The first-order valence-corrected chi connectivity index (χ1v) is 6.85. The fourth-order valence-corrected chi connectivity index (χ4v) is 1.98. The molecular weight excluding hydrogens is 294 g/mol. The summed E-state index contributed by atoms with van der Waals surface area (Å²) in [4.78, 5) is 14.0. The van der Waals surface area contributed by atoms with Gasteiger partial charge in [-0.2, -0.15) is 5.10 Å². The van der Waals surface area contributed by atoms with E-state index in [1.807, 2.05) is 53.4 Å². The molecule has 23 heavy (non-hydrogen) atoms. The van der Waals surface area contributed by atoms with Gasteiger partial charge in [0.2, 0.25) is 0 Å². The van der Waals surface area contributed by atoms with Gasteiger partial charge in [0.05, 0.1) is 11.1 Å². The van der Waals surface area contributed by atoms with Gasteiger partial charge in [0.15, 0.2) is 0 Å². The van der Waals surface area contributed by atoms with E-state index in [4.69, 9.17) is 0 Å². The normalized spacial score (nSPS) is 10.8. The van der Waals surface area contributed by atoms with Gasteiger partial charge in [-0.05, 0) is 24.3 Å². The van der Waals surface area contributed by atoms with Gasteiger partial charge in [-0.3, -0.25) is 15.5 Å². The van der Waals surface area contributed by atoms with Crippen LogP contribution in [0.1, 0.15) is 5.56 Å². The molecule has 1 aromatic carbocycles. The number of anilines is 1. The molecule has 0 aliphatic rings. The number of hydrazone groups is 1. The number of pyridine rings is 1. The van der Waals surface area contributed by atoms with Gasteiger partial charge in [-0.1, -0.05) is 18.2 Å². The van der Waals surface area contributed by atoms with Crippen molar-refractivity contribution in [1.82, 2.24) is 9.55 Å². The second-order valence-corrected chi connectivity index (χ2v) is 4.72. The molecule has 0 unspecified atom stereocenters.